The fourth-order valence-corrected chi connectivity index (χ4v) is 3.45. The first-order valence-electron chi connectivity index (χ1n) is 8.21. The SMILES string of the molecule is CC(=O)NC1CCN(c2cc(N3CCCC(C)C3)ncn2)C1. The van der Waals surface area contributed by atoms with Crippen molar-refractivity contribution in [2.75, 3.05) is 36.0 Å². The molecule has 0 spiro atoms. The number of amides is 1. The van der Waals surface area contributed by atoms with Gasteiger partial charge in [0.15, 0.2) is 0 Å². The van der Waals surface area contributed by atoms with E-state index in [4.69, 9.17) is 0 Å². The third-order valence-electron chi connectivity index (χ3n) is 4.54. The Balaban J connectivity index is 1.68. The molecule has 6 nitrogen and oxygen atoms in total. The second kappa shape index (κ2) is 6.50. The molecule has 2 atom stereocenters. The first-order chi connectivity index (χ1) is 10.6. The monoisotopic (exact) mass is 303 g/mol. The minimum Gasteiger partial charge on any atom is -0.356 e. The van der Waals surface area contributed by atoms with E-state index in [1.807, 2.05) is 0 Å². The summed E-state index contributed by atoms with van der Waals surface area (Å²) < 4.78 is 0. The van der Waals surface area contributed by atoms with Crippen LogP contribution in [0.3, 0.4) is 0 Å². The van der Waals surface area contributed by atoms with Crippen molar-refractivity contribution in [3.05, 3.63) is 12.4 Å². The summed E-state index contributed by atoms with van der Waals surface area (Å²) >= 11 is 0. The van der Waals surface area contributed by atoms with Crippen LogP contribution in [-0.2, 0) is 4.79 Å². The lowest BCUT2D eigenvalue weighted by molar-refractivity contribution is -0.119. The first kappa shape index (κ1) is 15.1. The van der Waals surface area contributed by atoms with E-state index in [9.17, 15) is 4.79 Å². The Morgan fingerprint density at radius 1 is 1.18 bits per heavy atom. The van der Waals surface area contributed by atoms with Crippen molar-refractivity contribution in [3.8, 4) is 0 Å². The molecule has 0 saturated carbocycles. The summed E-state index contributed by atoms with van der Waals surface area (Å²) in [5, 5.41) is 2.99. The van der Waals surface area contributed by atoms with Crippen LogP contribution in [0.1, 0.15) is 33.1 Å². The molecule has 1 amide bonds. The maximum absolute atomic E-state index is 11.2. The van der Waals surface area contributed by atoms with Gasteiger partial charge in [0.2, 0.25) is 5.91 Å². The number of nitrogens with zero attached hydrogens (tertiary/aromatic N) is 4. The first-order valence-corrected chi connectivity index (χ1v) is 8.21. The van der Waals surface area contributed by atoms with Gasteiger partial charge in [-0.1, -0.05) is 6.92 Å². The van der Waals surface area contributed by atoms with Crippen LogP contribution in [0.5, 0.6) is 0 Å². The third kappa shape index (κ3) is 3.48. The fraction of sp³-hybridized carbons (Fsp3) is 0.688. The van der Waals surface area contributed by atoms with E-state index in [0.29, 0.717) is 0 Å². The number of piperidine rings is 1. The van der Waals surface area contributed by atoms with Crippen LogP contribution in [0, 0.1) is 5.92 Å². The summed E-state index contributed by atoms with van der Waals surface area (Å²) in [5.41, 5.74) is 0. The molecule has 0 radical (unpaired) electrons. The molecule has 120 valence electrons. The number of hydrogen-bond acceptors (Lipinski definition) is 5. The molecule has 2 unspecified atom stereocenters. The number of carbonyl (C=O) groups excluding carboxylic acids is 1. The highest BCUT2D eigenvalue weighted by molar-refractivity contribution is 5.73. The smallest absolute Gasteiger partial charge is 0.217 e. The second-order valence-electron chi connectivity index (χ2n) is 6.56. The minimum absolute atomic E-state index is 0.0394. The molecule has 2 saturated heterocycles. The lowest BCUT2D eigenvalue weighted by atomic mass is 10.0. The molecule has 22 heavy (non-hydrogen) atoms. The van der Waals surface area contributed by atoms with Gasteiger partial charge in [0, 0.05) is 45.2 Å². The van der Waals surface area contributed by atoms with Crippen LogP contribution in [0.2, 0.25) is 0 Å². The Labute approximate surface area is 131 Å². The van der Waals surface area contributed by atoms with Crippen molar-refractivity contribution in [1.29, 1.82) is 0 Å². The van der Waals surface area contributed by atoms with E-state index in [0.717, 1.165) is 50.2 Å². The molecule has 3 rings (SSSR count). The Morgan fingerprint density at radius 3 is 2.59 bits per heavy atom. The molecule has 0 aromatic carbocycles. The maximum atomic E-state index is 11.2. The molecule has 0 bridgehead atoms. The highest BCUT2D eigenvalue weighted by atomic mass is 16.1. The maximum Gasteiger partial charge on any atom is 0.217 e. The summed E-state index contributed by atoms with van der Waals surface area (Å²) in [4.78, 5) is 24.6. The van der Waals surface area contributed by atoms with E-state index < -0.39 is 0 Å². The standard InChI is InChI=1S/C16H25N5O/c1-12-4-3-6-20(9-12)15-8-16(18-11-17-15)21-7-5-14(10-21)19-13(2)22/h8,11-12,14H,3-7,9-10H2,1-2H3,(H,19,22). The predicted octanol–water partition coefficient (Wildman–Crippen LogP) is 1.43. The third-order valence-corrected chi connectivity index (χ3v) is 4.54. The zero-order valence-electron chi connectivity index (χ0n) is 13.5. The molecule has 3 heterocycles. The summed E-state index contributed by atoms with van der Waals surface area (Å²) in [7, 11) is 0. The Hall–Kier alpha value is -1.85. The van der Waals surface area contributed by atoms with Crippen molar-refractivity contribution in [3.63, 3.8) is 0 Å². The number of aromatic nitrogens is 2. The van der Waals surface area contributed by atoms with Crippen LogP contribution in [0.15, 0.2) is 12.4 Å². The van der Waals surface area contributed by atoms with Crippen LogP contribution >= 0.6 is 0 Å². The van der Waals surface area contributed by atoms with Crippen molar-refractivity contribution in [2.45, 2.75) is 39.2 Å². The van der Waals surface area contributed by atoms with Gasteiger partial charge in [-0.25, -0.2) is 9.97 Å². The van der Waals surface area contributed by atoms with E-state index in [1.54, 1.807) is 13.3 Å². The highest BCUT2D eigenvalue weighted by Crippen LogP contribution is 2.25. The van der Waals surface area contributed by atoms with Crippen LogP contribution in [0.25, 0.3) is 0 Å². The molecule has 2 fully saturated rings. The van der Waals surface area contributed by atoms with Crippen molar-refractivity contribution < 1.29 is 4.79 Å². The molecular weight excluding hydrogens is 278 g/mol. The summed E-state index contributed by atoms with van der Waals surface area (Å²) in [6.07, 6.45) is 5.17. The molecule has 6 heteroatoms. The van der Waals surface area contributed by atoms with E-state index in [1.165, 1.54) is 12.8 Å². The Bertz CT molecular complexity index is 535. The summed E-state index contributed by atoms with van der Waals surface area (Å²) in [6, 6.07) is 2.32. The van der Waals surface area contributed by atoms with Gasteiger partial charge in [-0.2, -0.15) is 0 Å². The van der Waals surface area contributed by atoms with Crippen LogP contribution < -0.4 is 15.1 Å². The van der Waals surface area contributed by atoms with Crippen LogP contribution in [-0.4, -0.2) is 48.1 Å². The Morgan fingerprint density at radius 2 is 1.91 bits per heavy atom. The number of rotatable bonds is 3. The lowest BCUT2D eigenvalue weighted by Gasteiger charge is -2.32. The topological polar surface area (TPSA) is 61.4 Å². The number of anilines is 2. The molecule has 0 aliphatic carbocycles. The van der Waals surface area contributed by atoms with Gasteiger partial charge >= 0.3 is 0 Å². The average molecular weight is 303 g/mol. The largest absolute Gasteiger partial charge is 0.356 e. The van der Waals surface area contributed by atoms with E-state index in [2.05, 4.69) is 38.1 Å². The average Bonchev–Trinajstić information content (AvgIpc) is 2.95. The predicted molar refractivity (Wildman–Crippen MR) is 87.1 cm³/mol. The minimum atomic E-state index is 0.0394. The quantitative estimate of drug-likeness (QED) is 0.915. The molecule has 1 aromatic heterocycles. The van der Waals surface area contributed by atoms with E-state index >= 15 is 0 Å². The molecule has 2 aliphatic heterocycles. The molecule has 2 aliphatic rings. The highest BCUT2D eigenvalue weighted by Gasteiger charge is 2.25. The summed E-state index contributed by atoms with van der Waals surface area (Å²) in [5.74, 6) is 2.76. The second-order valence-corrected chi connectivity index (χ2v) is 6.56. The van der Waals surface area contributed by atoms with Crippen molar-refractivity contribution in [2.24, 2.45) is 5.92 Å². The van der Waals surface area contributed by atoms with Gasteiger partial charge in [0.05, 0.1) is 0 Å². The molecular formula is C16H25N5O. The van der Waals surface area contributed by atoms with Crippen molar-refractivity contribution >= 4 is 17.5 Å². The van der Waals surface area contributed by atoms with Gasteiger partial charge in [-0.15, -0.1) is 0 Å². The number of carbonyl (C=O) groups is 1. The van der Waals surface area contributed by atoms with Gasteiger partial charge < -0.3 is 15.1 Å². The normalized spacial score (nSPS) is 25.4. The summed E-state index contributed by atoms with van der Waals surface area (Å²) in [6.45, 7) is 7.78. The van der Waals surface area contributed by atoms with Gasteiger partial charge in [-0.3, -0.25) is 4.79 Å². The zero-order chi connectivity index (χ0) is 15.5. The lowest BCUT2D eigenvalue weighted by Crippen LogP contribution is -2.36. The Kier molecular flexibility index (Phi) is 4.45. The fourth-order valence-electron chi connectivity index (χ4n) is 3.45. The number of hydrogen-bond donors (Lipinski definition) is 1. The zero-order valence-corrected chi connectivity index (χ0v) is 13.5. The molecule has 1 aromatic rings. The van der Waals surface area contributed by atoms with Gasteiger partial charge in [0.1, 0.15) is 18.0 Å². The van der Waals surface area contributed by atoms with Crippen LogP contribution in [0.4, 0.5) is 11.6 Å². The van der Waals surface area contributed by atoms with Gasteiger partial charge in [-0.05, 0) is 25.2 Å². The number of nitrogens with one attached hydrogen (secondary N) is 1. The molecule has 1 N–H and O–H groups in total. The van der Waals surface area contributed by atoms with Gasteiger partial charge in [0.25, 0.3) is 0 Å². The van der Waals surface area contributed by atoms with Crippen molar-refractivity contribution in [1.82, 2.24) is 15.3 Å². The van der Waals surface area contributed by atoms with E-state index in [-0.39, 0.29) is 11.9 Å².